The van der Waals surface area contributed by atoms with E-state index in [1.807, 2.05) is 11.8 Å². The Bertz CT molecular complexity index is 515. The van der Waals surface area contributed by atoms with Gasteiger partial charge in [-0.05, 0) is 31.4 Å². The van der Waals surface area contributed by atoms with Crippen LogP contribution in [-0.4, -0.2) is 28.3 Å². The first kappa shape index (κ1) is 13.8. The van der Waals surface area contributed by atoms with E-state index in [2.05, 4.69) is 0 Å². The molecule has 0 radical (unpaired) electrons. The molecule has 0 unspecified atom stereocenters. The van der Waals surface area contributed by atoms with Gasteiger partial charge in [0.25, 0.3) is 11.6 Å². The van der Waals surface area contributed by atoms with Crippen molar-refractivity contribution in [2.45, 2.75) is 32.2 Å². The van der Waals surface area contributed by atoms with Crippen LogP contribution in [0.25, 0.3) is 0 Å². The van der Waals surface area contributed by atoms with Crippen molar-refractivity contribution in [3.05, 3.63) is 38.9 Å². The topological polar surface area (TPSA) is 63.5 Å². The zero-order valence-electron chi connectivity index (χ0n) is 10.6. The molecule has 1 aromatic carbocycles. The summed E-state index contributed by atoms with van der Waals surface area (Å²) in [5.41, 5.74) is 0.239. The molecule has 19 heavy (non-hydrogen) atoms. The summed E-state index contributed by atoms with van der Waals surface area (Å²) in [5.74, 6) is -0.0962. The molecule has 0 aliphatic heterocycles. The SMILES string of the molecule is CCCN(C(=O)c1ccc([N+](=O)[O-])c(Cl)c1)C1CC1. The normalized spacial score (nSPS) is 14.2. The lowest BCUT2D eigenvalue weighted by Gasteiger charge is -2.21. The van der Waals surface area contributed by atoms with Gasteiger partial charge in [0.05, 0.1) is 4.92 Å². The Labute approximate surface area is 116 Å². The van der Waals surface area contributed by atoms with E-state index >= 15 is 0 Å². The minimum atomic E-state index is -0.554. The maximum Gasteiger partial charge on any atom is 0.287 e. The molecule has 2 rings (SSSR count). The molecule has 1 aliphatic rings. The summed E-state index contributed by atoms with van der Waals surface area (Å²) >= 11 is 5.83. The molecule has 0 N–H and O–H groups in total. The third kappa shape index (κ3) is 3.04. The highest BCUT2D eigenvalue weighted by Crippen LogP contribution is 2.30. The van der Waals surface area contributed by atoms with E-state index in [1.165, 1.54) is 18.2 Å². The third-order valence-corrected chi connectivity index (χ3v) is 3.41. The Morgan fingerprint density at radius 3 is 2.68 bits per heavy atom. The molecule has 0 aromatic heterocycles. The average Bonchev–Trinajstić information content (AvgIpc) is 3.18. The fraction of sp³-hybridized carbons (Fsp3) is 0.462. The van der Waals surface area contributed by atoms with Crippen LogP contribution in [0.1, 0.15) is 36.5 Å². The lowest BCUT2D eigenvalue weighted by atomic mass is 10.1. The smallest absolute Gasteiger partial charge is 0.287 e. The summed E-state index contributed by atoms with van der Waals surface area (Å²) in [7, 11) is 0. The van der Waals surface area contributed by atoms with Crippen LogP contribution in [0.2, 0.25) is 5.02 Å². The molecule has 0 heterocycles. The zero-order chi connectivity index (χ0) is 14.0. The van der Waals surface area contributed by atoms with E-state index in [1.54, 1.807) is 0 Å². The Morgan fingerprint density at radius 1 is 1.53 bits per heavy atom. The number of carbonyl (C=O) groups excluding carboxylic acids is 1. The van der Waals surface area contributed by atoms with Crippen LogP contribution in [0.5, 0.6) is 0 Å². The van der Waals surface area contributed by atoms with Gasteiger partial charge >= 0.3 is 0 Å². The highest BCUT2D eigenvalue weighted by Gasteiger charge is 2.32. The Hall–Kier alpha value is -1.62. The van der Waals surface area contributed by atoms with Crippen molar-refractivity contribution in [3.8, 4) is 0 Å². The van der Waals surface area contributed by atoms with Crippen LogP contribution in [0, 0.1) is 10.1 Å². The number of amides is 1. The van der Waals surface area contributed by atoms with Gasteiger partial charge in [0, 0.05) is 24.2 Å². The van der Waals surface area contributed by atoms with Gasteiger partial charge in [-0.2, -0.15) is 0 Å². The largest absolute Gasteiger partial charge is 0.336 e. The number of hydrogen-bond acceptors (Lipinski definition) is 3. The van der Waals surface area contributed by atoms with Gasteiger partial charge in [-0.3, -0.25) is 14.9 Å². The van der Waals surface area contributed by atoms with E-state index < -0.39 is 4.92 Å². The van der Waals surface area contributed by atoms with Crippen molar-refractivity contribution < 1.29 is 9.72 Å². The van der Waals surface area contributed by atoms with Crippen molar-refractivity contribution in [2.24, 2.45) is 0 Å². The highest BCUT2D eigenvalue weighted by molar-refractivity contribution is 6.33. The van der Waals surface area contributed by atoms with E-state index in [0.717, 1.165) is 19.3 Å². The first-order valence-corrected chi connectivity index (χ1v) is 6.67. The first-order valence-electron chi connectivity index (χ1n) is 6.29. The molecule has 1 saturated carbocycles. The van der Waals surface area contributed by atoms with Gasteiger partial charge in [-0.15, -0.1) is 0 Å². The Morgan fingerprint density at radius 2 is 2.21 bits per heavy atom. The molecule has 1 fully saturated rings. The van der Waals surface area contributed by atoms with Crippen LogP contribution in [0.3, 0.4) is 0 Å². The molecule has 6 heteroatoms. The van der Waals surface area contributed by atoms with Crippen LogP contribution in [-0.2, 0) is 0 Å². The van der Waals surface area contributed by atoms with Crippen LogP contribution < -0.4 is 0 Å². The molecule has 0 spiro atoms. The second-order valence-corrected chi connectivity index (χ2v) is 5.06. The number of carbonyl (C=O) groups is 1. The summed E-state index contributed by atoms with van der Waals surface area (Å²) in [6.07, 6.45) is 2.96. The number of halogens is 1. The van der Waals surface area contributed by atoms with Crippen molar-refractivity contribution in [1.29, 1.82) is 0 Å². The monoisotopic (exact) mass is 282 g/mol. The van der Waals surface area contributed by atoms with Gasteiger partial charge < -0.3 is 4.90 Å². The quantitative estimate of drug-likeness (QED) is 0.615. The van der Waals surface area contributed by atoms with Crippen molar-refractivity contribution in [3.63, 3.8) is 0 Å². The van der Waals surface area contributed by atoms with Crippen LogP contribution in [0.4, 0.5) is 5.69 Å². The summed E-state index contributed by atoms with van der Waals surface area (Å²) in [6, 6.07) is 4.46. The maximum atomic E-state index is 12.3. The predicted octanol–water partition coefficient (Wildman–Crippen LogP) is 3.26. The fourth-order valence-corrected chi connectivity index (χ4v) is 2.28. The second-order valence-electron chi connectivity index (χ2n) is 4.65. The zero-order valence-corrected chi connectivity index (χ0v) is 11.4. The molecular weight excluding hydrogens is 268 g/mol. The number of nitro groups is 1. The summed E-state index contributed by atoms with van der Waals surface area (Å²) < 4.78 is 0. The maximum absolute atomic E-state index is 12.3. The average molecular weight is 283 g/mol. The third-order valence-electron chi connectivity index (χ3n) is 3.10. The molecule has 1 amide bonds. The lowest BCUT2D eigenvalue weighted by molar-refractivity contribution is -0.384. The van der Waals surface area contributed by atoms with E-state index in [0.29, 0.717) is 18.2 Å². The lowest BCUT2D eigenvalue weighted by Crippen LogP contribution is -2.33. The highest BCUT2D eigenvalue weighted by atomic mass is 35.5. The minimum absolute atomic E-state index is 0.00287. The molecular formula is C13H15ClN2O3. The first-order chi connectivity index (χ1) is 9.04. The van der Waals surface area contributed by atoms with Crippen molar-refractivity contribution >= 4 is 23.2 Å². The molecule has 102 valence electrons. The molecule has 0 saturated heterocycles. The molecule has 5 nitrogen and oxygen atoms in total. The standard InChI is InChI=1S/C13H15ClN2O3/c1-2-7-15(10-4-5-10)13(17)9-3-6-12(16(18)19)11(14)8-9/h3,6,8,10H,2,4-5,7H2,1H3. The van der Waals surface area contributed by atoms with Gasteiger partial charge in [-0.1, -0.05) is 18.5 Å². The van der Waals surface area contributed by atoms with Crippen molar-refractivity contribution in [2.75, 3.05) is 6.54 Å². The summed E-state index contributed by atoms with van der Waals surface area (Å²) in [4.78, 5) is 24.3. The van der Waals surface area contributed by atoms with Crippen molar-refractivity contribution in [1.82, 2.24) is 4.90 Å². The number of nitro benzene ring substituents is 1. The minimum Gasteiger partial charge on any atom is -0.336 e. The van der Waals surface area contributed by atoms with E-state index in [9.17, 15) is 14.9 Å². The molecule has 1 aromatic rings. The molecule has 1 aliphatic carbocycles. The summed E-state index contributed by atoms with van der Waals surface area (Å²) in [5, 5.41) is 10.7. The fourth-order valence-electron chi connectivity index (χ4n) is 2.03. The number of hydrogen-bond donors (Lipinski definition) is 0. The molecule has 0 bridgehead atoms. The van der Waals surface area contributed by atoms with E-state index in [-0.39, 0.29) is 16.6 Å². The Balaban J connectivity index is 2.23. The number of nitrogens with zero attached hydrogens (tertiary/aromatic N) is 2. The molecule has 0 atom stereocenters. The van der Waals surface area contributed by atoms with E-state index in [4.69, 9.17) is 11.6 Å². The Kier molecular flexibility index (Phi) is 4.04. The van der Waals surface area contributed by atoms with Gasteiger partial charge in [0.1, 0.15) is 5.02 Å². The number of rotatable bonds is 5. The van der Waals surface area contributed by atoms with Gasteiger partial charge in [-0.25, -0.2) is 0 Å². The van der Waals surface area contributed by atoms with Gasteiger partial charge in [0.15, 0.2) is 0 Å². The second kappa shape index (κ2) is 5.57. The summed E-state index contributed by atoms with van der Waals surface area (Å²) in [6.45, 7) is 2.73. The predicted molar refractivity (Wildman–Crippen MR) is 72.5 cm³/mol. The van der Waals surface area contributed by atoms with Gasteiger partial charge in [0.2, 0.25) is 0 Å². The van der Waals surface area contributed by atoms with Crippen LogP contribution in [0.15, 0.2) is 18.2 Å². The van der Waals surface area contributed by atoms with Crippen LogP contribution >= 0.6 is 11.6 Å². The number of benzene rings is 1.